The Morgan fingerprint density at radius 1 is 1.08 bits per heavy atom. The largest absolute Gasteiger partial charge is 0.451 e. The minimum Gasteiger partial charge on any atom is -0.451 e. The van der Waals surface area contributed by atoms with Gasteiger partial charge in [0, 0.05) is 11.8 Å². The average molecular weight is 372 g/mol. The van der Waals surface area contributed by atoms with E-state index in [0.717, 1.165) is 6.07 Å². The maximum Gasteiger partial charge on any atom is 0.291 e. The zero-order valence-corrected chi connectivity index (χ0v) is 14.9. The third-order valence-corrected chi connectivity index (χ3v) is 5.42. The number of anilines is 1. The van der Waals surface area contributed by atoms with Crippen molar-refractivity contribution in [2.75, 3.05) is 12.4 Å². The molecule has 8 heteroatoms. The molecule has 3 rings (SSSR count). The van der Waals surface area contributed by atoms with Crippen LogP contribution in [0.5, 0.6) is 0 Å². The molecule has 26 heavy (non-hydrogen) atoms. The summed E-state index contributed by atoms with van der Waals surface area (Å²) in [6.07, 6.45) is 0. The molecule has 0 saturated carbocycles. The molecule has 0 saturated heterocycles. The van der Waals surface area contributed by atoms with E-state index in [2.05, 4.69) is 10.0 Å². The van der Waals surface area contributed by atoms with Crippen LogP contribution in [0.25, 0.3) is 11.0 Å². The molecule has 134 valence electrons. The number of hydrogen-bond donors (Lipinski definition) is 2. The Kier molecular flexibility index (Phi) is 4.62. The van der Waals surface area contributed by atoms with E-state index in [9.17, 15) is 18.0 Å². The van der Waals surface area contributed by atoms with Crippen LogP contribution < -0.4 is 15.5 Å². The predicted molar refractivity (Wildman–Crippen MR) is 97.9 cm³/mol. The van der Waals surface area contributed by atoms with Crippen LogP contribution in [0.1, 0.15) is 16.1 Å². The molecule has 0 spiro atoms. The first kappa shape index (κ1) is 17.8. The van der Waals surface area contributed by atoms with Crippen molar-refractivity contribution in [1.29, 1.82) is 0 Å². The quantitative estimate of drug-likeness (QED) is 0.731. The van der Waals surface area contributed by atoms with E-state index in [-0.39, 0.29) is 21.8 Å². The van der Waals surface area contributed by atoms with Crippen molar-refractivity contribution in [1.82, 2.24) is 4.72 Å². The molecule has 0 fully saturated rings. The van der Waals surface area contributed by atoms with Gasteiger partial charge in [0.25, 0.3) is 5.91 Å². The lowest BCUT2D eigenvalue weighted by atomic mass is 10.2. The highest BCUT2D eigenvalue weighted by Crippen LogP contribution is 2.21. The van der Waals surface area contributed by atoms with Gasteiger partial charge in [-0.05, 0) is 43.8 Å². The predicted octanol–water partition coefficient (Wildman–Crippen LogP) is 2.26. The minimum atomic E-state index is -3.66. The summed E-state index contributed by atoms with van der Waals surface area (Å²) < 4.78 is 31.8. The van der Waals surface area contributed by atoms with Crippen LogP contribution in [0.4, 0.5) is 5.69 Å². The molecule has 7 nitrogen and oxygen atoms in total. The summed E-state index contributed by atoms with van der Waals surface area (Å²) in [6, 6.07) is 12.2. The van der Waals surface area contributed by atoms with E-state index in [0.29, 0.717) is 16.5 Å². The number of rotatable bonds is 4. The first-order valence-electron chi connectivity index (χ1n) is 7.70. The normalized spacial score (nSPS) is 11.5. The molecule has 1 amide bonds. The Bertz CT molecular complexity index is 1170. The molecule has 0 unspecified atom stereocenters. The van der Waals surface area contributed by atoms with Gasteiger partial charge >= 0.3 is 0 Å². The highest BCUT2D eigenvalue weighted by molar-refractivity contribution is 7.89. The molecule has 2 N–H and O–H groups in total. The van der Waals surface area contributed by atoms with Gasteiger partial charge in [-0.2, -0.15) is 0 Å². The lowest BCUT2D eigenvalue weighted by Gasteiger charge is -2.10. The average Bonchev–Trinajstić information content (AvgIpc) is 2.63. The van der Waals surface area contributed by atoms with E-state index in [1.165, 1.54) is 13.1 Å². The number of nitrogens with one attached hydrogen (secondary N) is 2. The monoisotopic (exact) mass is 372 g/mol. The van der Waals surface area contributed by atoms with E-state index >= 15 is 0 Å². The summed E-state index contributed by atoms with van der Waals surface area (Å²) in [4.78, 5) is 24.6. The summed E-state index contributed by atoms with van der Waals surface area (Å²) in [5, 5.41) is 2.93. The van der Waals surface area contributed by atoms with E-state index in [1.807, 2.05) is 0 Å². The topological polar surface area (TPSA) is 105 Å². The van der Waals surface area contributed by atoms with E-state index < -0.39 is 15.9 Å². The van der Waals surface area contributed by atoms with Gasteiger partial charge in [0.05, 0.1) is 10.3 Å². The Morgan fingerprint density at radius 3 is 2.54 bits per heavy atom. The van der Waals surface area contributed by atoms with Gasteiger partial charge in [0.1, 0.15) is 5.58 Å². The van der Waals surface area contributed by atoms with E-state index in [1.54, 1.807) is 43.3 Å². The number of carbonyl (C=O) groups excluding carboxylic acids is 1. The van der Waals surface area contributed by atoms with Gasteiger partial charge in [-0.25, -0.2) is 13.1 Å². The Balaban J connectivity index is 1.96. The van der Waals surface area contributed by atoms with Gasteiger partial charge in [-0.1, -0.05) is 18.2 Å². The smallest absolute Gasteiger partial charge is 0.291 e. The van der Waals surface area contributed by atoms with Crippen LogP contribution in [0.2, 0.25) is 0 Å². The van der Waals surface area contributed by atoms with Crippen LogP contribution >= 0.6 is 0 Å². The fraction of sp³-hybridized carbons (Fsp3) is 0.111. The molecule has 0 aliphatic rings. The molecule has 1 heterocycles. The second-order valence-electron chi connectivity index (χ2n) is 5.61. The van der Waals surface area contributed by atoms with Crippen molar-refractivity contribution in [2.45, 2.75) is 11.8 Å². The highest BCUT2D eigenvalue weighted by Gasteiger charge is 2.17. The Labute approximate surface area is 149 Å². The molecule has 1 aromatic heterocycles. The van der Waals surface area contributed by atoms with Crippen molar-refractivity contribution >= 4 is 32.6 Å². The van der Waals surface area contributed by atoms with Gasteiger partial charge in [0.2, 0.25) is 10.0 Å². The minimum absolute atomic E-state index is 0.0535. The number of carbonyl (C=O) groups is 1. The lowest BCUT2D eigenvalue weighted by Crippen LogP contribution is -2.20. The first-order valence-corrected chi connectivity index (χ1v) is 9.18. The summed E-state index contributed by atoms with van der Waals surface area (Å²) in [5.74, 6) is -0.809. The third kappa shape index (κ3) is 3.37. The summed E-state index contributed by atoms with van der Waals surface area (Å²) in [6.45, 7) is 1.65. The molecule has 0 aliphatic heterocycles. The SMILES string of the molecule is CNS(=O)(=O)c1cc(NC(=O)c2cc(=O)c3ccccc3o2)ccc1C. The number of aryl methyl sites for hydroxylation is 1. The fourth-order valence-electron chi connectivity index (χ4n) is 2.49. The molecular weight excluding hydrogens is 356 g/mol. The Morgan fingerprint density at radius 2 is 1.81 bits per heavy atom. The lowest BCUT2D eigenvalue weighted by molar-refractivity contribution is 0.0997. The number of hydrogen-bond acceptors (Lipinski definition) is 5. The van der Waals surface area contributed by atoms with Crippen molar-refractivity contribution in [2.24, 2.45) is 0 Å². The molecule has 0 radical (unpaired) electrons. The molecule has 0 bridgehead atoms. The molecule has 2 aromatic carbocycles. The van der Waals surface area contributed by atoms with Crippen LogP contribution in [0, 0.1) is 6.92 Å². The number of amides is 1. The van der Waals surface area contributed by atoms with Crippen LogP contribution in [-0.4, -0.2) is 21.4 Å². The van der Waals surface area contributed by atoms with Crippen molar-refractivity contribution < 1.29 is 17.6 Å². The van der Waals surface area contributed by atoms with Crippen LogP contribution in [0.3, 0.4) is 0 Å². The summed E-state index contributed by atoms with van der Waals surface area (Å²) >= 11 is 0. The maximum absolute atomic E-state index is 12.4. The zero-order valence-electron chi connectivity index (χ0n) is 14.1. The maximum atomic E-state index is 12.4. The number of sulfonamides is 1. The summed E-state index contributed by atoms with van der Waals surface area (Å²) in [7, 11) is -2.35. The second kappa shape index (κ2) is 6.74. The molecular formula is C18H16N2O5S. The number of benzene rings is 2. The van der Waals surface area contributed by atoms with Crippen LogP contribution in [0.15, 0.2) is 62.6 Å². The zero-order chi connectivity index (χ0) is 18.9. The van der Waals surface area contributed by atoms with Gasteiger partial charge < -0.3 is 9.73 Å². The molecule has 3 aromatic rings. The standard InChI is InChI=1S/C18H16N2O5S/c1-11-7-8-12(9-17(11)26(23,24)19-2)20-18(22)16-10-14(21)13-5-3-4-6-15(13)25-16/h3-10,19H,1-2H3,(H,20,22). The highest BCUT2D eigenvalue weighted by atomic mass is 32.2. The van der Waals surface area contributed by atoms with Gasteiger partial charge in [0.15, 0.2) is 11.2 Å². The second-order valence-corrected chi connectivity index (χ2v) is 7.47. The third-order valence-electron chi connectivity index (χ3n) is 3.86. The van der Waals surface area contributed by atoms with Gasteiger partial charge in [-0.15, -0.1) is 0 Å². The molecule has 0 atom stereocenters. The van der Waals surface area contributed by atoms with Crippen LogP contribution in [-0.2, 0) is 10.0 Å². The van der Waals surface area contributed by atoms with Crippen molar-refractivity contribution in [3.8, 4) is 0 Å². The summed E-state index contributed by atoms with van der Waals surface area (Å²) in [5.41, 5.74) is 0.770. The van der Waals surface area contributed by atoms with E-state index in [4.69, 9.17) is 4.42 Å². The fourth-order valence-corrected chi connectivity index (χ4v) is 3.48. The number of para-hydroxylation sites is 1. The Hall–Kier alpha value is -2.97. The number of fused-ring (bicyclic) bond motifs is 1. The van der Waals surface area contributed by atoms with Crippen molar-refractivity contribution in [3.05, 3.63) is 70.1 Å². The first-order chi connectivity index (χ1) is 12.3. The van der Waals surface area contributed by atoms with Gasteiger partial charge in [-0.3, -0.25) is 9.59 Å². The molecule has 0 aliphatic carbocycles. The van der Waals surface area contributed by atoms with Crippen molar-refractivity contribution in [3.63, 3.8) is 0 Å².